The van der Waals surface area contributed by atoms with Gasteiger partial charge < -0.3 is 15.2 Å². The number of fused-ring (bicyclic) bond motifs is 2. The summed E-state index contributed by atoms with van der Waals surface area (Å²) in [6.07, 6.45) is 8.73. The summed E-state index contributed by atoms with van der Waals surface area (Å²) in [6.45, 7) is 6.97. The summed E-state index contributed by atoms with van der Waals surface area (Å²) in [6, 6.07) is 11.1. The highest BCUT2D eigenvalue weighted by Crippen LogP contribution is 2.62. The number of benzene rings is 1. The van der Waals surface area contributed by atoms with Crippen molar-refractivity contribution in [3.63, 3.8) is 0 Å². The van der Waals surface area contributed by atoms with Gasteiger partial charge >= 0.3 is 0 Å². The minimum atomic E-state index is -0.490. The molecule has 0 aliphatic heterocycles. The van der Waals surface area contributed by atoms with Gasteiger partial charge in [-0.25, -0.2) is 9.67 Å². The van der Waals surface area contributed by atoms with Crippen LogP contribution in [0.5, 0.6) is 0 Å². The third kappa shape index (κ3) is 4.59. The predicted octanol–water partition coefficient (Wildman–Crippen LogP) is 5.77. The van der Waals surface area contributed by atoms with E-state index < -0.39 is 6.04 Å². The van der Waals surface area contributed by atoms with Gasteiger partial charge in [0.25, 0.3) is 5.56 Å². The van der Waals surface area contributed by atoms with E-state index >= 15 is 0 Å². The minimum absolute atomic E-state index is 0.0370. The van der Waals surface area contributed by atoms with Crippen LogP contribution in [0.4, 0.5) is 11.5 Å². The van der Waals surface area contributed by atoms with Gasteiger partial charge in [-0.05, 0) is 53.7 Å². The number of pyridine rings is 3. The van der Waals surface area contributed by atoms with Gasteiger partial charge in [0.15, 0.2) is 0 Å². The number of hydrogen-bond acceptors (Lipinski definition) is 8. The van der Waals surface area contributed by atoms with Gasteiger partial charge in [0.2, 0.25) is 0 Å². The third-order valence-corrected chi connectivity index (χ3v) is 9.04. The Morgan fingerprint density at radius 3 is 2.67 bits per heavy atom. The summed E-state index contributed by atoms with van der Waals surface area (Å²) in [5.41, 5.74) is 3.53. The second-order valence-electron chi connectivity index (χ2n) is 13.2. The molecule has 3 saturated carbocycles. The first-order chi connectivity index (χ1) is 20.5. The van der Waals surface area contributed by atoms with Gasteiger partial charge in [-0.3, -0.25) is 9.78 Å². The number of halogens is 1. The zero-order chi connectivity index (χ0) is 30.1. The molecule has 4 heterocycles. The fourth-order valence-corrected chi connectivity index (χ4v) is 6.52. The lowest BCUT2D eigenvalue weighted by atomic mass is 9.50. The molecule has 3 fully saturated rings. The maximum Gasteiger partial charge on any atom is 0.258 e. The van der Waals surface area contributed by atoms with Crippen LogP contribution in [0, 0.1) is 22.7 Å². The first-order valence-corrected chi connectivity index (χ1v) is 14.8. The molecule has 0 radical (unpaired) electrons. The van der Waals surface area contributed by atoms with E-state index in [2.05, 4.69) is 52.8 Å². The van der Waals surface area contributed by atoms with Crippen LogP contribution in [0.25, 0.3) is 21.8 Å². The molecule has 4 aromatic heterocycles. The highest BCUT2D eigenvalue weighted by Gasteiger charge is 2.59. The molecular formula is C32H32ClN9O. The quantitative estimate of drug-likeness (QED) is 0.244. The van der Waals surface area contributed by atoms with Crippen molar-refractivity contribution in [1.82, 2.24) is 29.5 Å². The lowest BCUT2D eigenvalue weighted by Gasteiger charge is -2.61. The summed E-state index contributed by atoms with van der Waals surface area (Å²) < 4.78 is 3.59. The lowest BCUT2D eigenvalue weighted by Crippen LogP contribution is -2.59. The summed E-state index contributed by atoms with van der Waals surface area (Å²) in [7, 11) is 1.75. The van der Waals surface area contributed by atoms with Crippen LogP contribution >= 0.6 is 11.6 Å². The largest absolute Gasteiger partial charge is 0.382 e. The number of aromatic nitrogens is 6. The van der Waals surface area contributed by atoms with E-state index in [1.807, 2.05) is 35.1 Å². The summed E-state index contributed by atoms with van der Waals surface area (Å²) >= 11 is 6.79. The van der Waals surface area contributed by atoms with Crippen LogP contribution in [0.3, 0.4) is 0 Å². The monoisotopic (exact) mass is 593 g/mol. The molecule has 0 saturated heterocycles. The second-order valence-corrected chi connectivity index (χ2v) is 13.6. The zero-order valence-corrected chi connectivity index (χ0v) is 25.3. The van der Waals surface area contributed by atoms with Gasteiger partial charge in [-0.1, -0.05) is 49.7 Å². The molecule has 0 amide bonds. The van der Waals surface area contributed by atoms with Crippen molar-refractivity contribution >= 4 is 44.9 Å². The van der Waals surface area contributed by atoms with E-state index in [0.717, 1.165) is 36.1 Å². The van der Waals surface area contributed by atoms with E-state index in [0.29, 0.717) is 50.7 Å². The van der Waals surface area contributed by atoms with Crippen LogP contribution in [0.15, 0.2) is 53.7 Å². The molecule has 1 atom stereocenters. The average Bonchev–Trinajstić information content (AvgIpc) is 3.39. The van der Waals surface area contributed by atoms with E-state index in [1.165, 1.54) is 6.20 Å². The Morgan fingerprint density at radius 2 is 1.98 bits per heavy atom. The van der Waals surface area contributed by atoms with Crippen molar-refractivity contribution in [2.45, 2.75) is 51.6 Å². The van der Waals surface area contributed by atoms with Crippen molar-refractivity contribution in [2.75, 3.05) is 17.2 Å². The molecule has 43 heavy (non-hydrogen) atoms. The highest BCUT2D eigenvalue weighted by molar-refractivity contribution is 6.35. The van der Waals surface area contributed by atoms with E-state index in [4.69, 9.17) is 16.6 Å². The predicted molar refractivity (Wildman–Crippen MR) is 167 cm³/mol. The van der Waals surface area contributed by atoms with E-state index in [9.17, 15) is 10.1 Å². The Bertz CT molecular complexity index is 2000. The molecule has 3 aliphatic carbocycles. The number of anilines is 2. The Kier molecular flexibility index (Phi) is 6.22. The number of nitrogens with one attached hydrogen (secondary N) is 2. The number of nitrogens with zero attached hydrogens (tertiary/aromatic N) is 7. The first kappa shape index (κ1) is 27.3. The number of nitriles is 1. The summed E-state index contributed by atoms with van der Waals surface area (Å²) in [5, 5.41) is 27.9. The molecule has 2 bridgehead atoms. The normalized spacial score (nSPS) is 19.9. The van der Waals surface area contributed by atoms with Gasteiger partial charge in [0.05, 0.1) is 34.1 Å². The van der Waals surface area contributed by atoms with Gasteiger partial charge in [0, 0.05) is 37.4 Å². The van der Waals surface area contributed by atoms with Crippen molar-refractivity contribution in [3.8, 4) is 6.07 Å². The van der Waals surface area contributed by atoms with Crippen LogP contribution in [-0.4, -0.2) is 36.1 Å². The Hall–Kier alpha value is -4.49. The molecule has 3 aliphatic rings. The molecule has 0 spiro atoms. The zero-order valence-electron chi connectivity index (χ0n) is 24.5. The van der Waals surface area contributed by atoms with E-state index in [-0.39, 0.29) is 16.5 Å². The molecular weight excluding hydrogens is 562 g/mol. The molecule has 10 nitrogen and oxygen atoms in total. The van der Waals surface area contributed by atoms with Gasteiger partial charge in [-0.15, -0.1) is 5.10 Å². The molecule has 0 unspecified atom stereocenters. The SMILES string of the molecule is Cn1ccc2c([C@H](Nc3cc(Cl)c4ncc(C#N)c(NCC(C)(C)C)c4n3)c3cn(C45CC(C4)C5)nn3)cccc2c1=O. The first-order valence-electron chi connectivity index (χ1n) is 14.5. The molecule has 5 aromatic rings. The maximum absolute atomic E-state index is 13.0. The van der Waals surface area contributed by atoms with Crippen molar-refractivity contribution < 1.29 is 0 Å². The Balaban J connectivity index is 1.37. The van der Waals surface area contributed by atoms with Crippen molar-refractivity contribution in [1.29, 1.82) is 5.26 Å². The second kappa shape index (κ2) is 9.78. The minimum Gasteiger partial charge on any atom is -0.382 e. The fraction of sp³-hybridized carbons (Fsp3) is 0.375. The molecule has 1 aromatic carbocycles. The Morgan fingerprint density at radius 1 is 1.19 bits per heavy atom. The van der Waals surface area contributed by atoms with Crippen molar-refractivity contribution in [3.05, 3.63) is 81.1 Å². The smallest absolute Gasteiger partial charge is 0.258 e. The number of hydrogen-bond donors (Lipinski definition) is 2. The fourth-order valence-electron chi connectivity index (χ4n) is 6.28. The van der Waals surface area contributed by atoms with E-state index in [1.54, 1.807) is 23.9 Å². The Labute approximate surface area is 253 Å². The molecule has 218 valence electrons. The average molecular weight is 594 g/mol. The van der Waals surface area contributed by atoms with Gasteiger partial charge in [0.1, 0.15) is 28.6 Å². The molecule has 11 heteroatoms. The van der Waals surface area contributed by atoms with Gasteiger partial charge in [-0.2, -0.15) is 5.26 Å². The summed E-state index contributed by atoms with van der Waals surface area (Å²) in [5.74, 6) is 1.28. The van der Waals surface area contributed by atoms with Crippen LogP contribution in [0.1, 0.15) is 62.9 Å². The standard InChI is InChI=1S/C32H32ClN9O/c1-31(2,3)17-36-26-19(14-34)15-35-28-23(33)10-25(38-29(26)28)37-27(24-16-42(40-39-24)32-11-18(12-32)13-32)21-6-5-7-22-20(21)8-9-41(4)30(22)43/h5-10,15-16,18,27H,11-13,17H2,1-4H3,(H,35,36)(H,37,38)/t18?,27-,32?/m0/s1. The van der Waals surface area contributed by atoms with Crippen LogP contribution in [0.2, 0.25) is 5.02 Å². The molecule has 8 rings (SSSR count). The maximum atomic E-state index is 13.0. The lowest BCUT2D eigenvalue weighted by molar-refractivity contribution is -0.0989. The number of rotatable bonds is 7. The topological polar surface area (TPSA) is 126 Å². The molecule has 2 N–H and O–H groups in total. The van der Waals surface area contributed by atoms with Crippen LogP contribution in [-0.2, 0) is 12.6 Å². The van der Waals surface area contributed by atoms with Crippen LogP contribution < -0.4 is 16.2 Å². The third-order valence-electron chi connectivity index (χ3n) is 8.75. The van der Waals surface area contributed by atoms with Crippen molar-refractivity contribution in [2.24, 2.45) is 18.4 Å². The number of aryl methyl sites for hydroxylation is 1. The summed E-state index contributed by atoms with van der Waals surface area (Å²) in [4.78, 5) is 22.4. The highest BCUT2D eigenvalue weighted by atomic mass is 35.5.